The lowest BCUT2D eigenvalue weighted by Gasteiger charge is -2.11. The van der Waals surface area contributed by atoms with Gasteiger partial charge in [-0.3, -0.25) is 0 Å². The van der Waals surface area contributed by atoms with Crippen LogP contribution in [0.3, 0.4) is 0 Å². The van der Waals surface area contributed by atoms with Crippen LogP contribution in [-0.4, -0.2) is 32.0 Å². The molecule has 0 aliphatic carbocycles. The standard InChI is InChI=1S/C14H19F4NO2/c1-10(2)19-8-11-3-4-13(12(15)7-11)21-6-5-20-9-14(16,17)18/h3-4,7,10,19H,5-6,8-9H2,1-2H3. The molecule has 0 amide bonds. The molecule has 21 heavy (non-hydrogen) atoms. The Morgan fingerprint density at radius 2 is 1.90 bits per heavy atom. The second-order valence-corrected chi connectivity index (χ2v) is 4.82. The number of ether oxygens (including phenoxy) is 2. The highest BCUT2D eigenvalue weighted by Crippen LogP contribution is 2.18. The van der Waals surface area contributed by atoms with E-state index in [0.717, 1.165) is 5.56 Å². The topological polar surface area (TPSA) is 30.5 Å². The van der Waals surface area contributed by atoms with Gasteiger partial charge in [0, 0.05) is 12.6 Å². The van der Waals surface area contributed by atoms with E-state index in [-0.39, 0.29) is 25.0 Å². The molecule has 0 radical (unpaired) electrons. The van der Waals surface area contributed by atoms with E-state index >= 15 is 0 Å². The first-order chi connectivity index (χ1) is 9.78. The Bertz CT molecular complexity index is 435. The maximum Gasteiger partial charge on any atom is 0.411 e. The SMILES string of the molecule is CC(C)NCc1ccc(OCCOCC(F)(F)F)c(F)c1. The van der Waals surface area contributed by atoms with Crippen LogP contribution in [0.4, 0.5) is 17.6 Å². The van der Waals surface area contributed by atoms with Crippen LogP contribution < -0.4 is 10.1 Å². The lowest BCUT2D eigenvalue weighted by molar-refractivity contribution is -0.175. The van der Waals surface area contributed by atoms with Gasteiger partial charge in [-0.2, -0.15) is 13.2 Å². The van der Waals surface area contributed by atoms with Crippen molar-refractivity contribution in [2.24, 2.45) is 0 Å². The van der Waals surface area contributed by atoms with Crippen LogP contribution in [0.15, 0.2) is 18.2 Å². The molecule has 0 heterocycles. The Labute approximate surface area is 121 Å². The van der Waals surface area contributed by atoms with Crippen LogP contribution in [0.5, 0.6) is 5.75 Å². The fourth-order valence-corrected chi connectivity index (χ4v) is 1.49. The van der Waals surface area contributed by atoms with Crippen molar-refractivity contribution in [2.45, 2.75) is 32.6 Å². The molecule has 1 aromatic rings. The molecule has 0 aliphatic rings. The normalized spacial score (nSPS) is 12.0. The van der Waals surface area contributed by atoms with Crippen molar-refractivity contribution in [3.8, 4) is 5.75 Å². The van der Waals surface area contributed by atoms with Crippen molar-refractivity contribution in [1.29, 1.82) is 0 Å². The average Bonchev–Trinajstić information content (AvgIpc) is 2.36. The molecule has 0 saturated heterocycles. The van der Waals surface area contributed by atoms with Crippen LogP contribution >= 0.6 is 0 Å². The van der Waals surface area contributed by atoms with Gasteiger partial charge in [0.2, 0.25) is 0 Å². The zero-order chi connectivity index (χ0) is 15.9. The minimum Gasteiger partial charge on any atom is -0.488 e. The van der Waals surface area contributed by atoms with Crippen LogP contribution in [0.1, 0.15) is 19.4 Å². The lowest BCUT2D eigenvalue weighted by atomic mass is 10.2. The monoisotopic (exact) mass is 309 g/mol. The fraction of sp³-hybridized carbons (Fsp3) is 0.571. The van der Waals surface area contributed by atoms with E-state index in [1.165, 1.54) is 12.1 Å². The van der Waals surface area contributed by atoms with Crippen molar-refractivity contribution < 1.29 is 27.0 Å². The minimum atomic E-state index is -4.36. The fourth-order valence-electron chi connectivity index (χ4n) is 1.49. The van der Waals surface area contributed by atoms with E-state index in [4.69, 9.17) is 4.74 Å². The number of hydrogen-bond donors (Lipinski definition) is 1. The second kappa shape index (κ2) is 8.19. The third-order valence-electron chi connectivity index (χ3n) is 2.46. The molecular weight excluding hydrogens is 290 g/mol. The molecule has 0 fully saturated rings. The molecular formula is C14H19F4NO2. The molecule has 7 heteroatoms. The van der Waals surface area contributed by atoms with Crippen LogP contribution in [0.2, 0.25) is 0 Å². The molecule has 0 saturated carbocycles. The average molecular weight is 309 g/mol. The predicted molar refractivity (Wildman–Crippen MR) is 70.7 cm³/mol. The van der Waals surface area contributed by atoms with Gasteiger partial charge in [0.15, 0.2) is 11.6 Å². The number of benzene rings is 1. The number of hydrogen-bond acceptors (Lipinski definition) is 3. The third-order valence-corrected chi connectivity index (χ3v) is 2.46. The van der Waals surface area contributed by atoms with E-state index in [2.05, 4.69) is 10.1 Å². The van der Waals surface area contributed by atoms with Crippen molar-refractivity contribution >= 4 is 0 Å². The maximum atomic E-state index is 13.7. The summed E-state index contributed by atoms with van der Waals surface area (Å²) in [6, 6.07) is 4.77. The van der Waals surface area contributed by atoms with Gasteiger partial charge in [-0.1, -0.05) is 19.9 Å². The van der Waals surface area contributed by atoms with Gasteiger partial charge in [0.25, 0.3) is 0 Å². The summed E-state index contributed by atoms with van der Waals surface area (Å²) in [6.07, 6.45) is -4.36. The number of alkyl halides is 3. The molecule has 3 nitrogen and oxygen atoms in total. The molecule has 0 unspecified atom stereocenters. The molecule has 1 N–H and O–H groups in total. The van der Waals surface area contributed by atoms with E-state index in [1.54, 1.807) is 6.07 Å². The highest BCUT2D eigenvalue weighted by atomic mass is 19.4. The van der Waals surface area contributed by atoms with Crippen molar-refractivity contribution in [3.05, 3.63) is 29.6 Å². The smallest absolute Gasteiger partial charge is 0.411 e. The summed E-state index contributed by atoms with van der Waals surface area (Å²) in [5.41, 5.74) is 0.766. The Morgan fingerprint density at radius 3 is 2.48 bits per heavy atom. The van der Waals surface area contributed by atoms with E-state index in [9.17, 15) is 17.6 Å². The molecule has 1 rings (SSSR count). The summed E-state index contributed by atoms with van der Waals surface area (Å²) < 4.78 is 58.5. The second-order valence-electron chi connectivity index (χ2n) is 4.82. The Morgan fingerprint density at radius 1 is 1.19 bits per heavy atom. The van der Waals surface area contributed by atoms with Crippen LogP contribution in [0.25, 0.3) is 0 Å². The highest BCUT2D eigenvalue weighted by Gasteiger charge is 2.27. The summed E-state index contributed by atoms with van der Waals surface area (Å²) >= 11 is 0. The molecule has 0 bridgehead atoms. The largest absolute Gasteiger partial charge is 0.488 e. The van der Waals surface area contributed by atoms with Gasteiger partial charge in [0.05, 0.1) is 6.61 Å². The van der Waals surface area contributed by atoms with E-state index < -0.39 is 18.6 Å². The lowest BCUT2D eigenvalue weighted by Crippen LogP contribution is -2.21. The van der Waals surface area contributed by atoms with Crippen LogP contribution in [-0.2, 0) is 11.3 Å². The Balaban J connectivity index is 2.35. The summed E-state index contributed by atoms with van der Waals surface area (Å²) in [5, 5.41) is 3.15. The van der Waals surface area contributed by atoms with Gasteiger partial charge >= 0.3 is 6.18 Å². The third kappa shape index (κ3) is 7.87. The summed E-state index contributed by atoms with van der Waals surface area (Å²) in [5.74, 6) is -0.548. The molecule has 120 valence electrons. The zero-order valence-electron chi connectivity index (χ0n) is 12.0. The van der Waals surface area contributed by atoms with Crippen LogP contribution in [0, 0.1) is 5.82 Å². The van der Waals surface area contributed by atoms with E-state index in [0.29, 0.717) is 6.54 Å². The first-order valence-electron chi connectivity index (χ1n) is 6.57. The molecule has 0 aliphatic heterocycles. The van der Waals surface area contributed by atoms with Gasteiger partial charge in [0.1, 0.15) is 13.2 Å². The van der Waals surface area contributed by atoms with E-state index in [1.807, 2.05) is 13.8 Å². The van der Waals surface area contributed by atoms with Crippen molar-refractivity contribution in [3.63, 3.8) is 0 Å². The van der Waals surface area contributed by atoms with Gasteiger partial charge in [-0.15, -0.1) is 0 Å². The minimum absolute atomic E-state index is 0.00101. The predicted octanol–water partition coefficient (Wildman–Crippen LogP) is 3.28. The van der Waals surface area contributed by atoms with Crippen molar-refractivity contribution in [2.75, 3.05) is 19.8 Å². The van der Waals surface area contributed by atoms with Gasteiger partial charge < -0.3 is 14.8 Å². The Kier molecular flexibility index (Phi) is 6.91. The highest BCUT2D eigenvalue weighted by molar-refractivity contribution is 5.29. The van der Waals surface area contributed by atoms with Gasteiger partial charge in [-0.25, -0.2) is 4.39 Å². The quantitative estimate of drug-likeness (QED) is 0.590. The number of halogens is 4. The molecule has 0 atom stereocenters. The summed E-state index contributed by atoms with van der Waals surface area (Å²) in [7, 11) is 0. The Hall–Kier alpha value is -1.34. The molecule has 1 aromatic carbocycles. The molecule has 0 aromatic heterocycles. The zero-order valence-corrected chi connectivity index (χ0v) is 12.0. The first kappa shape index (κ1) is 17.7. The first-order valence-corrected chi connectivity index (χ1v) is 6.57. The van der Waals surface area contributed by atoms with Crippen molar-refractivity contribution in [1.82, 2.24) is 5.32 Å². The number of nitrogens with one attached hydrogen (secondary N) is 1. The summed E-state index contributed by atoms with van der Waals surface area (Å²) in [4.78, 5) is 0. The number of rotatable bonds is 8. The summed E-state index contributed by atoms with van der Waals surface area (Å²) in [6.45, 7) is 2.76. The molecule has 0 spiro atoms. The van der Waals surface area contributed by atoms with Gasteiger partial charge in [-0.05, 0) is 17.7 Å². The maximum absolute atomic E-state index is 13.7.